The number of ether oxygens (including phenoxy) is 1. The van der Waals surface area contributed by atoms with Gasteiger partial charge in [0.2, 0.25) is 11.8 Å². The second-order valence-corrected chi connectivity index (χ2v) is 8.45. The van der Waals surface area contributed by atoms with E-state index in [2.05, 4.69) is 10.3 Å². The minimum atomic E-state index is -4.25. The van der Waals surface area contributed by atoms with Gasteiger partial charge < -0.3 is 15.2 Å². The molecule has 160 valence electrons. The third-order valence-electron chi connectivity index (χ3n) is 6.32. The van der Waals surface area contributed by atoms with Gasteiger partial charge in [-0.2, -0.15) is 13.2 Å². The van der Waals surface area contributed by atoms with Crippen molar-refractivity contribution in [2.45, 2.75) is 82.2 Å². The van der Waals surface area contributed by atoms with Crippen molar-refractivity contribution in [2.24, 2.45) is 10.9 Å². The SMILES string of the molecule is CCOC1=NC2CC2(C2CCC(O)CC2)c2nc(N[C@@H](C)CC(F)(F)F)ncc21. The molecule has 4 rings (SSSR count). The smallest absolute Gasteiger partial charge is 0.391 e. The molecule has 0 radical (unpaired) electrons. The van der Waals surface area contributed by atoms with Crippen molar-refractivity contribution in [2.75, 3.05) is 11.9 Å². The molecule has 2 saturated carbocycles. The van der Waals surface area contributed by atoms with Crippen LogP contribution in [0.2, 0.25) is 0 Å². The van der Waals surface area contributed by atoms with Crippen LogP contribution in [-0.2, 0) is 10.2 Å². The van der Waals surface area contributed by atoms with Gasteiger partial charge in [0.05, 0.1) is 36.4 Å². The summed E-state index contributed by atoms with van der Waals surface area (Å²) in [4.78, 5) is 13.7. The van der Waals surface area contributed by atoms with E-state index in [9.17, 15) is 18.3 Å². The molecule has 2 aliphatic carbocycles. The third kappa shape index (κ3) is 3.93. The minimum absolute atomic E-state index is 0.0761. The Bertz CT molecular complexity index is 792. The van der Waals surface area contributed by atoms with Gasteiger partial charge in [-0.1, -0.05) is 0 Å². The number of rotatable bonds is 5. The number of aliphatic hydroxyl groups is 1. The van der Waals surface area contributed by atoms with Gasteiger partial charge in [0.15, 0.2) is 0 Å². The number of nitrogens with zero attached hydrogens (tertiary/aromatic N) is 3. The quantitative estimate of drug-likeness (QED) is 0.773. The zero-order chi connectivity index (χ0) is 20.8. The maximum absolute atomic E-state index is 12.7. The lowest BCUT2D eigenvalue weighted by Crippen LogP contribution is -2.35. The molecule has 3 aliphatic rings. The van der Waals surface area contributed by atoms with Crippen LogP contribution in [0.25, 0.3) is 0 Å². The first-order chi connectivity index (χ1) is 13.7. The standard InChI is InChI=1S/C20H27F3N4O2/c1-3-29-17-14-10-24-18(25-11(2)8-20(21,22)23)27-16(14)19(9-15(19)26-17)12-4-6-13(28)7-5-12/h10-13,15,28H,3-9H2,1-2H3,(H,24,25,27)/t11-,12?,13?,15?,19?/m0/s1. The maximum atomic E-state index is 12.7. The van der Waals surface area contributed by atoms with Gasteiger partial charge in [0.25, 0.3) is 0 Å². The molecule has 0 bridgehead atoms. The van der Waals surface area contributed by atoms with Crippen LogP contribution < -0.4 is 5.32 Å². The average molecular weight is 412 g/mol. The molecule has 1 aromatic heterocycles. The van der Waals surface area contributed by atoms with Crippen LogP contribution in [-0.4, -0.2) is 51.9 Å². The molecule has 0 aromatic carbocycles. The highest BCUT2D eigenvalue weighted by Crippen LogP contribution is 2.61. The Morgan fingerprint density at radius 3 is 2.69 bits per heavy atom. The second-order valence-electron chi connectivity index (χ2n) is 8.45. The molecule has 2 fully saturated rings. The van der Waals surface area contributed by atoms with Gasteiger partial charge in [-0.3, -0.25) is 0 Å². The molecular weight excluding hydrogens is 385 g/mol. The fraction of sp³-hybridized carbons (Fsp3) is 0.750. The summed E-state index contributed by atoms with van der Waals surface area (Å²) in [6.45, 7) is 3.83. The molecule has 0 spiro atoms. The van der Waals surface area contributed by atoms with E-state index in [-0.39, 0.29) is 23.5 Å². The number of aromatic nitrogens is 2. The summed E-state index contributed by atoms with van der Waals surface area (Å²) in [6.07, 6.45) is 0.330. The first-order valence-corrected chi connectivity index (χ1v) is 10.3. The van der Waals surface area contributed by atoms with E-state index in [4.69, 9.17) is 14.7 Å². The minimum Gasteiger partial charge on any atom is -0.478 e. The average Bonchev–Trinajstić information content (AvgIpc) is 3.36. The summed E-state index contributed by atoms with van der Waals surface area (Å²) in [5, 5.41) is 12.7. The fourth-order valence-corrected chi connectivity index (χ4v) is 4.94. The van der Waals surface area contributed by atoms with Gasteiger partial charge in [0, 0.05) is 17.7 Å². The molecular formula is C20H27F3N4O2. The number of aliphatic imine (C=N–C) groups is 1. The molecule has 1 aliphatic heterocycles. The van der Waals surface area contributed by atoms with Gasteiger partial charge in [-0.25, -0.2) is 15.0 Å². The zero-order valence-electron chi connectivity index (χ0n) is 16.7. The molecule has 2 unspecified atom stereocenters. The highest BCUT2D eigenvalue weighted by atomic mass is 19.4. The van der Waals surface area contributed by atoms with E-state index in [1.807, 2.05) is 6.92 Å². The summed E-state index contributed by atoms with van der Waals surface area (Å²) in [6, 6.07) is -0.750. The topological polar surface area (TPSA) is 79.6 Å². The van der Waals surface area contributed by atoms with Gasteiger partial charge in [0.1, 0.15) is 0 Å². The number of hydrogen-bond acceptors (Lipinski definition) is 6. The van der Waals surface area contributed by atoms with E-state index in [0.717, 1.165) is 43.4 Å². The van der Waals surface area contributed by atoms with Crippen molar-refractivity contribution in [3.8, 4) is 0 Å². The molecule has 9 heteroatoms. The summed E-state index contributed by atoms with van der Waals surface area (Å²) >= 11 is 0. The van der Waals surface area contributed by atoms with E-state index < -0.39 is 18.6 Å². The molecule has 3 atom stereocenters. The third-order valence-corrected chi connectivity index (χ3v) is 6.32. The van der Waals surface area contributed by atoms with Crippen LogP contribution in [0.15, 0.2) is 11.2 Å². The Hall–Kier alpha value is -1.90. The van der Waals surface area contributed by atoms with Crippen LogP contribution >= 0.6 is 0 Å². The number of anilines is 1. The first kappa shape index (κ1) is 20.4. The monoisotopic (exact) mass is 412 g/mol. The molecule has 6 nitrogen and oxygen atoms in total. The second kappa shape index (κ2) is 7.41. The first-order valence-electron chi connectivity index (χ1n) is 10.3. The number of hydrogen-bond donors (Lipinski definition) is 2. The lowest BCUT2D eigenvalue weighted by molar-refractivity contribution is -0.136. The van der Waals surface area contributed by atoms with Crippen LogP contribution in [0.4, 0.5) is 19.1 Å². The molecule has 29 heavy (non-hydrogen) atoms. The molecule has 1 aromatic rings. The van der Waals surface area contributed by atoms with Gasteiger partial charge >= 0.3 is 6.18 Å². The number of aliphatic hydroxyl groups excluding tert-OH is 1. The van der Waals surface area contributed by atoms with Gasteiger partial charge in [-0.15, -0.1) is 0 Å². The lowest BCUT2D eigenvalue weighted by Gasteiger charge is -2.35. The summed E-state index contributed by atoms with van der Waals surface area (Å²) in [7, 11) is 0. The summed E-state index contributed by atoms with van der Waals surface area (Å²) in [5.74, 6) is 1.07. The molecule has 2 N–H and O–H groups in total. The Morgan fingerprint density at radius 2 is 2.03 bits per heavy atom. The maximum Gasteiger partial charge on any atom is 0.391 e. The van der Waals surface area contributed by atoms with E-state index in [1.165, 1.54) is 6.92 Å². The lowest BCUT2D eigenvalue weighted by atomic mass is 9.73. The zero-order valence-corrected chi connectivity index (χ0v) is 16.7. The Balaban J connectivity index is 1.64. The number of halogens is 3. The molecule has 0 amide bonds. The Morgan fingerprint density at radius 1 is 1.31 bits per heavy atom. The van der Waals surface area contributed by atoms with Crippen molar-refractivity contribution in [1.29, 1.82) is 0 Å². The highest BCUT2D eigenvalue weighted by molar-refractivity contribution is 5.97. The van der Waals surface area contributed by atoms with Crippen LogP contribution in [0.1, 0.15) is 63.6 Å². The van der Waals surface area contributed by atoms with Crippen LogP contribution in [0, 0.1) is 5.92 Å². The number of nitrogens with one attached hydrogen (secondary N) is 1. The van der Waals surface area contributed by atoms with E-state index in [0.29, 0.717) is 18.4 Å². The fourth-order valence-electron chi connectivity index (χ4n) is 4.94. The molecule has 0 saturated heterocycles. The predicted molar refractivity (Wildman–Crippen MR) is 102 cm³/mol. The number of fused-ring (bicyclic) bond motifs is 3. The van der Waals surface area contributed by atoms with Crippen LogP contribution in [0.5, 0.6) is 0 Å². The Kier molecular flexibility index (Phi) is 5.21. The Labute approximate surface area is 168 Å². The van der Waals surface area contributed by atoms with E-state index >= 15 is 0 Å². The summed E-state index contributed by atoms with van der Waals surface area (Å²) in [5.41, 5.74) is 1.35. The van der Waals surface area contributed by atoms with Gasteiger partial charge in [-0.05, 0) is 51.9 Å². The number of alkyl halides is 3. The highest BCUT2D eigenvalue weighted by Gasteiger charge is 2.64. The van der Waals surface area contributed by atoms with Crippen LogP contribution in [0.3, 0.4) is 0 Å². The van der Waals surface area contributed by atoms with Crippen molar-refractivity contribution >= 4 is 11.8 Å². The summed E-state index contributed by atoms with van der Waals surface area (Å²) < 4.78 is 43.8. The van der Waals surface area contributed by atoms with Crippen molar-refractivity contribution in [1.82, 2.24) is 9.97 Å². The van der Waals surface area contributed by atoms with Crippen molar-refractivity contribution in [3.63, 3.8) is 0 Å². The van der Waals surface area contributed by atoms with Crippen molar-refractivity contribution in [3.05, 3.63) is 17.5 Å². The normalized spacial score (nSPS) is 31.9. The largest absolute Gasteiger partial charge is 0.478 e. The van der Waals surface area contributed by atoms with Crippen molar-refractivity contribution < 1.29 is 23.0 Å². The molecule has 2 heterocycles. The predicted octanol–water partition coefficient (Wildman–Crippen LogP) is 3.59. The van der Waals surface area contributed by atoms with E-state index in [1.54, 1.807) is 6.20 Å².